The fourth-order valence-electron chi connectivity index (χ4n) is 1.65. The third kappa shape index (κ3) is 3.42. The maximum Gasteiger partial charge on any atom is 0.127 e. The second kappa shape index (κ2) is 5.01. The number of nitrogens with zero attached hydrogens (tertiary/aromatic N) is 1. The van der Waals surface area contributed by atoms with Gasteiger partial charge in [0.25, 0.3) is 0 Å². The first-order valence-corrected chi connectivity index (χ1v) is 5.82. The summed E-state index contributed by atoms with van der Waals surface area (Å²) < 4.78 is 0. The van der Waals surface area contributed by atoms with Gasteiger partial charge >= 0.3 is 0 Å². The van der Waals surface area contributed by atoms with Gasteiger partial charge in [-0.15, -0.1) is 0 Å². The minimum atomic E-state index is 0.915. The molecule has 82 valence electrons. The van der Waals surface area contributed by atoms with Crippen LogP contribution in [-0.2, 0) is 0 Å². The summed E-state index contributed by atoms with van der Waals surface area (Å²) in [6.07, 6.45) is 6.01. The first-order valence-electron chi connectivity index (χ1n) is 5.82. The number of anilines is 2. The van der Waals surface area contributed by atoms with Crippen molar-refractivity contribution in [2.24, 2.45) is 5.92 Å². The monoisotopic (exact) mass is 205 g/mol. The van der Waals surface area contributed by atoms with Gasteiger partial charge in [0.15, 0.2) is 0 Å². The van der Waals surface area contributed by atoms with Crippen molar-refractivity contribution in [2.75, 3.05) is 23.7 Å². The van der Waals surface area contributed by atoms with Crippen LogP contribution in [0.3, 0.4) is 0 Å². The van der Waals surface area contributed by atoms with E-state index in [0.717, 1.165) is 24.8 Å². The van der Waals surface area contributed by atoms with Crippen molar-refractivity contribution < 1.29 is 0 Å². The molecule has 0 amide bonds. The third-order valence-corrected chi connectivity index (χ3v) is 2.70. The Morgan fingerprint density at radius 2 is 2.27 bits per heavy atom. The number of rotatable bonds is 6. The predicted molar refractivity (Wildman–Crippen MR) is 64.2 cm³/mol. The summed E-state index contributed by atoms with van der Waals surface area (Å²) in [6, 6.07) is 4.09. The lowest BCUT2D eigenvalue weighted by Crippen LogP contribution is -2.04. The molecule has 1 fully saturated rings. The first-order chi connectivity index (χ1) is 7.38. The van der Waals surface area contributed by atoms with Crippen LogP contribution in [-0.4, -0.2) is 18.1 Å². The van der Waals surface area contributed by atoms with Gasteiger partial charge in [-0.05, 0) is 25.3 Å². The Morgan fingerprint density at radius 3 is 3.00 bits per heavy atom. The number of hydrogen-bond donors (Lipinski definition) is 2. The zero-order valence-electron chi connectivity index (χ0n) is 9.29. The molecule has 0 atom stereocenters. The average Bonchev–Trinajstić information content (AvgIpc) is 3.03. The van der Waals surface area contributed by atoms with Crippen LogP contribution >= 0.6 is 0 Å². The highest BCUT2D eigenvalue weighted by Gasteiger charge is 2.19. The second-order valence-corrected chi connectivity index (χ2v) is 4.12. The molecule has 1 heterocycles. The Kier molecular flexibility index (Phi) is 3.43. The molecular weight excluding hydrogens is 186 g/mol. The van der Waals surface area contributed by atoms with Gasteiger partial charge in [0, 0.05) is 31.0 Å². The van der Waals surface area contributed by atoms with Crippen molar-refractivity contribution in [1.29, 1.82) is 0 Å². The normalized spacial score (nSPS) is 15.0. The molecule has 1 saturated carbocycles. The van der Waals surface area contributed by atoms with E-state index in [4.69, 9.17) is 0 Å². The average molecular weight is 205 g/mol. The molecule has 0 radical (unpaired) electrons. The molecule has 2 N–H and O–H groups in total. The highest BCUT2D eigenvalue weighted by atomic mass is 15.0. The number of aromatic nitrogens is 1. The molecule has 3 nitrogen and oxygen atoms in total. The largest absolute Gasteiger partial charge is 0.385 e. The minimum absolute atomic E-state index is 0.915. The van der Waals surface area contributed by atoms with Crippen LogP contribution in [0, 0.1) is 5.92 Å². The summed E-state index contributed by atoms with van der Waals surface area (Å²) >= 11 is 0. The first kappa shape index (κ1) is 10.3. The lowest BCUT2D eigenvalue weighted by molar-refractivity contribution is 0.760. The second-order valence-electron chi connectivity index (χ2n) is 4.12. The van der Waals surface area contributed by atoms with Gasteiger partial charge in [-0.2, -0.15) is 0 Å². The van der Waals surface area contributed by atoms with Crippen LogP contribution in [0.25, 0.3) is 0 Å². The zero-order valence-corrected chi connectivity index (χ0v) is 9.29. The maximum atomic E-state index is 4.23. The van der Waals surface area contributed by atoms with Gasteiger partial charge in [0.05, 0.1) is 0 Å². The Bertz CT molecular complexity index is 307. The van der Waals surface area contributed by atoms with Gasteiger partial charge in [0.2, 0.25) is 0 Å². The molecular formula is C12H19N3. The van der Waals surface area contributed by atoms with E-state index in [0.29, 0.717) is 0 Å². The molecule has 2 rings (SSSR count). The van der Waals surface area contributed by atoms with Gasteiger partial charge < -0.3 is 10.6 Å². The molecule has 15 heavy (non-hydrogen) atoms. The molecule has 0 unspecified atom stereocenters. The molecule has 0 aliphatic heterocycles. The van der Waals surface area contributed by atoms with E-state index in [1.165, 1.54) is 24.9 Å². The van der Waals surface area contributed by atoms with Crippen LogP contribution in [0.1, 0.15) is 26.2 Å². The Hall–Kier alpha value is -1.25. The van der Waals surface area contributed by atoms with Crippen molar-refractivity contribution >= 4 is 11.5 Å². The van der Waals surface area contributed by atoms with Gasteiger partial charge in [0.1, 0.15) is 5.82 Å². The van der Waals surface area contributed by atoms with E-state index < -0.39 is 0 Å². The minimum Gasteiger partial charge on any atom is -0.385 e. The van der Waals surface area contributed by atoms with E-state index in [-0.39, 0.29) is 0 Å². The number of pyridine rings is 1. The predicted octanol–water partition coefficient (Wildman–Crippen LogP) is 2.73. The molecule has 0 spiro atoms. The van der Waals surface area contributed by atoms with E-state index in [2.05, 4.69) is 28.6 Å². The van der Waals surface area contributed by atoms with Crippen molar-refractivity contribution in [3.8, 4) is 0 Å². The van der Waals surface area contributed by atoms with Gasteiger partial charge in [-0.3, -0.25) is 0 Å². The smallest absolute Gasteiger partial charge is 0.127 e. The fraction of sp³-hybridized carbons (Fsp3) is 0.583. The van der Waals surface area contributed by atoms with Crippen LogP contribution in [0.2, 0.25) is 0 Å². The van der Waals surface area contributed by atoms with Gasteiger partial charge in [-0.25, -0.2) is 4.98 Å². The zero-order chi connectivity index (χ0) is 10.5. The summed E-state index contributed by atoms with van der Waals surface area (Å²) in [5.41, 5.74) is 1.17. The summed E-state index contributed by atoms with van der Waals surface area (Å²) in [6.45, 7) is 4.08. The number of hydrogen-bond acceptors (Lipinski definition) is 3. The lowest BCUT2D eigenvalue weighted by atomic mass is 10.3. The highest BCUT2D eigenvalue weighted by molar-refractivity contribution is 5.51. The number of nitrogens with one attached hydrogen (secondary N) is 2. The quantitative estimate of drug-likeness (QED) is 0.749. The van der Waals surface area contributed by atoms with Gasteiger partial charge in [-0.1, -0.05) is 12.8 Å². The molecule has 1 aromatic heterocycles. The SMILES string of the molecule is CCNc1cc(NCCC2CC2)ccn1. The fourth-order valence-corrected chi connectivity index (χ4v) is 1.65. The lowest BCUT2D eigenvalue weighted by Gasteiger charge is -2.07. The topological polar surface area (TPSA) is 37.0 Å². The summed E-state index contributed by atoms with van der Waals surface area (Å²) in [4.78, 5) is 4.23. The standard InChI is InChI=1S/C12H19N3/c1-2-13-12-9-11(6-8-15-12)14-7-5-10-3-4-10/h6,8-10H,2-5,7H2,1H3,(H2,13,14,15). The van der Waals surface area contributed by atoms with Crippen molar-refractivity contribution in [3.05, 3.63) is 18.3 Å². The molecule has 1 aliphatic rings. The molecule has 0 aromatic carbocycles. The van der Waals surface area contributed by atoms with Crippen molar-refractivity contribution in [1.82, 2.24) is 4.98 Å². The third-order valence-electron chi connectivity index (χ3n) is 2.70. The van der Waals surface area contributed by atoms with Crippen molar-refractivity contribution in [3.63, 3.8) is 0 Å². The van der Waals surface area contributed by atoms with Crippen LogP contribution in [0.4, 0.5) is 11.5 Å². The van der Waals surface area contributed by atoms with Crippen LogP contribution in [0.15, 0.2) is 18.3 Å². The Morgan fingerprint density at radius 1 is 1.40 bits per heavy atom. The van der Waals surface area contributed by atoms with Crippen LogP contribution in [0.5, 0.6) is 0 Å². The summed E-state index contributed by atoms with van der Waals surface area (Å²) in [7, 11) is 0. The van der Waals surface area contributed by atoms with Crippen molar-refractivity contribution in [2.45, 2.75) is 26.2 Å². The Labute approximate surface area is 91.3 Å². The molecule has 0 bridgehead atoms. The highest BCUT2D eigenvalue weighted by Crippen LogP contribution is 2.32. The molecule has 3 heteroatoms. The molecule has 0 saturated heterocycles. The maximum absolute atomic E-state index is 4.23. The van der Waals surface area contributed by atoms with E-state index in [9.17, 15) is 0 Å². The van der Waals surface area contributed by atoms with E-state index in [1.54, 1.807) is 0 Å². The molecule has 1 aromatic rings. The summed E-state index contributed by atoms with van der Waals surface area (Å²) in [5.74, 6) is 1.95. The van der Waals surface area contributed by atoms with Crippen LogP contribution < -0.4 is 10.6 Å². The van der Waals surface area contributed by atoms with E-state index in [1.807, 2.05) is 12.3 Å². The summed E-state index contributed by atoms with van der Waals surface area (Å²) in [5, 5.41) is 6.64. The molecule has 1 aliphatic carbocycles. The Balaban J connectivity index is 1.80. The van der Waals surface area contributed by atoms with E-state index >= 15 is 0 Å².